The van der Waals surface area contributed by atoms with Crippen molar-refractivity contribution in [2.75, 3.05) is 6.54 Å². The van der Waals surface area contributed by atoms with E-state index in [0.717, 1.165) is 11.4 Å². The third kappa shape index (κ3) is 5.08. The predicted molar refractivity (Wildman–Crippen MR) is 90.4 cm³/mol. The van der Waals surface area contributed by atoms with Crippen LogP contribution in [0.15, 0.2) is 36.7 Å². The molecule has 0 saturated carbocycles. The van der Waals surface area contributed by atoms with E-state index in [1.165, 1.54) is 0 Å². The fourth-order valence-corrected chi connectivity index (χ4v) is 2.46. The molecule has 0 fully saturated rings. The number of nitrogens with one attached hydrogen (secondary N) is 1. The number of rotatable bonds is 7. The minimum Gasteiger partial charge on any atom is -0.387 e. The maximum Gasteiger partial charge on any atom is 0.221 e. The third-order valence-corrected chi connectivity index (χ3v) is 3.84. The average Bonchev–Trinajstić information content (AvgIpc) is 3.00. The van der Waals surface area contributed by atoms with Crippen LogP contribution in [0.4, 0.5) is 0 Å². The summed E-state index contributed by atoms with van der Waals surface area (Å²) in [6.07, 6.45) is 3.24. The van der Waals surface area contributed by atoms with Crippen LogP contribution in [0.3, 0.4) is 0 Å². The Morgan fingerprint density at radius 3 is 2.70 bits per heavy atom. The Hall–Kier alpha value is -1.85. The molecule has 0 saturated heterocycles. The summed E-state index contributed by atoms with van der Waals surface area (Å²) in [6.45, 7) is 4.90. The van der Waals surface area contributed by atoms with Gasteiger partial charge in [-0.15, -0.1) is 0 Å². The molecule has 0 spiro atoms. The van der Waals surface area contributed by atoms with Gasteiger partial charge in [0.2, 0.25) is 5.91 Å². The zero-order valence-corrected chi connectivity index (χ0v) is 14.1. The quantitative estimate of drug-likeness (QED) is 0.817. The fraction of sp³-hybridized carbons (Fsp3) is 0.412. The number of aryl methyl sites for hydroxylation is 1. The number of carbonyl (C=O) groups is 1. The van der Waals surface area contributed by atoms with Crippen molar-refractivity contribution < 1.29 is 9.90 Å². The second kappa shape index (κ2) is 8.13. The van der Waals surface area contributed by atoms with Crippen molar-refractivity contribution >= 4 is 17.5 Å². The second-order valence-corrected chi connectivity index (χ2v) is 6.19. The molecule has 1 aromatic heterocycles. The molecule has 0 bridgehead atoms. The van der Waals surface area contributed by atoms with Crippen molar-refractivity contribution in [2.24, 2.45) is 0 Å². The number of hydrogen-bond acceptors (Lipinski definition) is 3. The maximum absolute atomic E-state index is 11.9. The van der Waals surface area contributed by atoms with E-state index in [-0.39, 0.29) is 12.5 Å². The molecule has 0 aliphatic heterocycles. The Labute approximate surface area is 141 Å². The Morgan fingerprint density at radius 2 is 2.04 bits per heavy atom. The molecule has 0 radical (unpaired) electrons. The van der Waals surface area contributed by atoms with E-state index in [1.54, 1.807) is 30.5 Å². The molecule has 23 heavy (non-hydrogen) atoms. The second-order valence-electron chi connectivity index (χ2n) is 5.75. The lowest BCUT2D eigenvalue weighted by Gasteiger charge is -2.13. The first-order chi connectivity index (χ1) is 11.0. The topological polar surface area (TPSA) is 67.2 Å². The van der Waals surface area contributed by atoms with Gasteiger partial charge in [0, 0.05) is 42.8 Å². The van der Waals surface area contributed by atoms with Crippen LogP contribution in [0, 0.1) is 0 Å². The molecule has 2 rings (SSSR count). The zero-order valence-electron chi connectivity index (χ0n) is 13.4. The molecule has 1 atom stereocenters. The maximum atomic E-state index is 11.9. The SMILES string of the molecule is CC(C)c1nccn1CCC(=O)NCC(O)c1ccc(Cl)cc1. The lowest BCUT2D eigenvalue weighted by molar-refractivity contribution is -0.121. The number of aliphatic hydroxyl groups excluding tert-OH is 1. The summed E-state index contributed by atoms with van der Waals surface area (Å²) in [5.41, 5.74) is 0.728. The summed E-state index contributed by atoms with van der Waals surface area (Å²) < 4.78 is 1.99. The normalized spacial score (nSPS) is 12.4. The minimum atomic E-state index is -0.740. The van der Waals surface area contributed by atoms with E-state index in [1.807, 2.05) is 10.8 Å². The van der Waals surface area contributed by atoms with Gasteiger partial charge in [0.1, 0.15) is 5.82 Å². The van der Waals surface area contributed by atoms with Crippen LogP contribution in [0.1, 0.15) is 43.7 Å². The van der Waals surface area contributed by atoms with Gasteiger partial charge in [-0.05, 0) is 17.7 Å². The summed E-state index contributed by atoms with van der Waals surface area (Å²) in [6, 6.07) is 6.93. The molecule has 0 aliphatic rings. The van der Waals surface area contributed by atoms with Gasteiger partial charge in [0.15, 0.2) is 0 Å². The van der Waals surface area contributed by atoms with Gasteiger partial charge in [-0.1, -0.05) is 37.6 Å². The molecular formula is C17H22ClN3O2. The van der Waals surface area contributed by atoms with E-state index in [4.69, 9.17) is 11.6 Å². The van der Waals surface area contributed by atoms with Gasteiger partial charge in [0.05, 0.1) is 6.10 Å². The van der Waals surface area contributed by atoms with Crippen LogP contribution in [0.5, 0.6) is 0 Å². The van der Waals surface area contributed by atoms with E-state index >= 15 is 0 Å². The number of carbonyl (C=O) groups excluding carboxylic acids is 1. The summed E-state index contributed by atoms with van der Waals surface area (Å²) in [7, 11) is 0. The first-order valence-corrected chi connectivity index (χ1v) is 8.06. The number of aliphatic hydroxyl groups is 1. The van der Waals surface area contributed by atoms with Crippen molar-refractivity contribution in [1.29, 1.82) is 0 Å². The number of nitrogens with zero attached hydrogens (tertiary/aromatic N) is 2. The molecule has 1 unspecified atom stereocenters. The molecule has 1 amide bonds. The van der Waals surface area contributed by atoms with Crippen molar-refractivity contribution in [2.45, 2.75) is 38.8 Å². The Bertz CT molecular complexity index is 638. The Morgan fingerprint density at radius 1 is 1.35 bits per heavy atom. The Balaban J connectivity index is 1.78. The highest BCUT2D eigenvalue weighted by atomic mass is 35.5. The van der Waals surface area contributed by atoms with Crippen LogP contribution >= 0.6 is 11.6 Å². The molecule has 0 aliphatic carbocycles. The number of hydrogen-bond donors (Lipinski definition) is 2. The Kier molecular flexibility index (Phi) is 6.19. The number of amides is 1. The smallest absolute Gasteiger partial charge is 0.221 e. The fourth-order valence-electron chi connectivity index (χ4n) is 2.33. The van der Waals surface area contributed by atoms with Gasteiger partial charge in [0.25, 0.3) is 0 Å². The summed E-state index contributed by atoms with van der Waals surface area (Å²) in [4.78, 5) is 16.2. The third-order valence-electron chi connectivity index (χ3n) is 3.59. The van der Waals surface area contributed by atoms with E-state index in [2.05, 4.69) is 24.1 Å². The van der Waals surface area contributed by atoms with Crippen molar-refractivity contribution in [3.05, 3.63) is 53.1 Å². The summed E-state index contributed by atoms with van der Waals surface area (Å²) in [5, 5.41) is 13.4. The van der Waals surface area contributed by atoms with E-state index in [9.17, 15) is 9.90 Å². The highest BCUT2D eigenvalue weighted by molar-refractivity contribution is 6.30. The first-order valence-electron chi connectivity index (χ1n) is 7.68. The molecule has 2 N–H and O–H groups in total. The highest BCUT2D eigenvalue weighted by Gasteiger charge is 2.11. The molecule has 2 aromatic rings. The highest BCUT2D eigenvalue weighted by Crippen LogP contribution is 2.16. The first kappa shape index (κ1) is 17.5. The summed E-state index contributed by atoms with van der Waals surface area (Å²) in [5.74, 6) is 1.19. The number of imidazole rings is 1. The molecule has 124 valence electrons. The predicted octanol–water partition coefficient (Wildman–Crippen LogP) is 2.90. The monoisotopic (exact) mass is 335 g/mol. The molecule has 5 nitrogen and oxygen atoms in total. The van der Waals surface area contributed by atoms with Crippen LogP contribution < -0.4 is 5.32 Å². The standard InChI is InChI=1S/C17H22ClN3O2/c1-12(2)17-19-8-10-21(17)9-7-16(23)20-11-15(22)13-3-5-14(18)6-4-13/h3-6,8,10,12,15,22H,7,9,11H2,1-2H3,(H,20,23). The average molecular weight is 336 g/mol. The van der Waals surface area contributed by atoms with E-state index in [0.29, 0.717) is 23.9 Å². The number of benzene rings is 1. The molecular weight excluding hydrogens is 314 g/mol. The number of halogens is 1. The van der Waals surface area contributed by atoms with Crippen LogP contribution in [0.2, 0.25) is 5.02 Å². The van der Waals surface area contributed by atoms with Crippen LogP contribution in [-0.2, 0) is 11.3 Å². The minimum absolute atomic E-state index is 0.0959. The van der Waals surface area contributed by atoms with Crippen LogP contribution in [-0.4, -0.2) is 27.1 Å². The zero-order chi connectivity index (χ0) is 16.8. The summed E-state index contributed by atoms with van der Waals surface area (Å²) >= 11 is 5.81. The lowest BCUT2D eigenvalue weighted by atomic mass is 10.1. The number of aromatic nitrogens is 2. The van der Waals surface area contributed by atoms with Crippen molar-refractivity contribution in [3.8, 4) is 0 Å². The lowest BCUT2D eigenvalue weighted by Crippen LogP contribution is -2.29. The van der Waals surface area contributed by atoms with E-state index < -0.39 is 6.10 Å². The van der Waals surface area contributed by atoms with Crippen molar-refractivity contribution in [1.82, 2.24) is 14.9 Å². The van der Waals surface area contributed by atoms with Gasteiger partial charge in [-0.25, -0.2) is 4.98 Å². The molecule has 6 heteroatoms. The molecule has 1 heterocycles. The molecule has 1 aromatic carbocycles. The van der Waals surface area contributed by atoms with Gasteiger partial charge in [-0.3, -0.25) is 4.79 Å². The van der Waals surface area contributed by atoms with Crippen molar-refractivity contribution in [3.63, 3.8) is 0 Å². The largest absolute Gasteiger partial charge is 0.387 e. The van der Waals surface area contributed by atoms with Gasteiger partial charge in [-0.2, -0.15) is 0 Å². The van der Waals surface area contributed by atoms with Crippen LogP contribution in [0.25, 0.3) is 0 Å². The van der Waals surface area contributed by atoms with Gasteiger partial charge >= 0.3 is 0 Å². The van der Waals surface area contributed by atoms with Gasteiger partial charge < -0.3 is 15.0 Å².